The van der Waals surface area contributed by atoms with Gasteiger partial charge in [-0.2, -0.15) is 5.26 Å². The Morgan fingerprint density at radius 2 is 2.37 bits per heavy atom. The molecule has 0 saturated carbocycles. The highest BCUT2D eigenvalue weighted by Crippen LogP contribution is 2.30. The van der Waals surface area contributed by atoms with Crippen LogP contribution in [-0.4, -0.2) is 53.4 Å². The lowest BCUT2D eigenvalue weighted by molar-refractivity contribution is 0.0572. The topological polar surface area (TPSA) is 63.1 Å². The maximum atomic E-state index is 12.6. The van der Waals surface area contributed by atoms with Crippen molar-refractivity contribution in [3.63, 3.8) is 0 Å². The number of hydrogen-bond acceptors (Lipinski definition) is 3. The van der Waals surface area contributed by atoms with Crippen molar-refractivity contribution >= 4 is 5.91 Å². The summed E-state index contributed by atoms with van der Waals surface area (Å²) in [6.07, 6.45) is 3.94. The van der Waals surface area contributed by atoms with Gasteiger partial charge in [-0.3, -0.25) is 4.79 Å². The van der Waals surface area contributed by atoms with Crippen LogP contribution in [0.2, 0.25) is 0 Å². The van der Waals surface area contributed by atoms with Crippen molar-refractivity contribution in [2.75, 3.05) is 26.7 Å². The first-order chi connectivity index (χ1) is 9.19. The number of carbonyl (C=O) groups excluding carboxylic acids is 1. The minimum absolute atomic E-state index is 0.0581. The molecule has 2 aliphatic heterocycles. The van der Waals surface area contributed by atoms with Crippen molar-refractivity contribution in [1.82, 2.24) is 14.8 Å². The molecule has 0 bridgehead atoms. The Morgan fingerprint density at radius 1 is 1.53 bits per heavy atom. The summed E-state index contributed by atoms with van der Waals surface area (Å²) >= 11 is 0. The summed E-state index contributed by atoms with van der Waals surface area (Å²) in [7, 11) is 2.12. The van der Waals surface area contributed by atoms with Crippen molar-refractivity contribution in [2.24, 2.45) is 5.92 Å². The van der Waals surface area contributed by atoms with Crippen LogP contribution >= 0.6 is 0 Å². The number of H-pyrrole nitrogens is 1. The molecular weight excluding hydrogens is 240 g/mol. The number of likely N-dealkylation sites (tertiary alicyclic amines) is 2. The molecule has 0 radical (unpaired) electrons. The summed E-state index contributed by atoms with van der Waals surface area (Å²) in [6, 6.07) is 4.01. The minimum Gasteiger partial charge on any atom is -0.352 e. The van der Waals surface area contributed by atoms with Crippen molar-refractivity contribution in [1.29, 1.82) is 5.26 Å². The minimum atomic E-state index is 0.0581. The molecule has 100 valence electrons. The van der Waals surface area contributed by atoms with E-state index in [2.05, 4.69) is 16.9 Å². The molecule has 1 aromatic rings. The lowest BCUT2D eigenvalue weighted by Crippen LogP contribution is -2.48. The summed E-state index contributed by atoms with van der Waals surface area (Å²) in [4.78, 5) is 19.7. The molecule has 0 spiro atoms. The number of fused-ring (bicyclic) bond motifs is 1. The van der Waals surface area contributed by atoms with Crippen molar-refractivity contribution < 1.29 is 4.79 Å². The third kappa shape index (κ3) is 2.13. The number of aromatic amines is 1. The number of nitrogens with zero attached hydrogens (tertiary/aromatic N) is 3. The second-order valence-electron chi connectivity index (χ2n) is 5.60. The van der Waals surface area contributed by atoms with Crippen LogP contribution in [0.25, 0.3) is 0 Å². The number of nitrogens with one attached hydrogen (secondary N) is 1. The summed E-state index contributed by atoms with van der Waals surface area (Å²) in [5.41, 5.74) is 1.05. The second-order valence-corrected chi connectivity index (χ2v) is 5.60. The molecule has 0 aromatic carbocycles. The number of amides is 1. The van der Waals surface area contributed by atoms with E-state index in [4.69, 9.17) is 5.26 Å². The lowest BCUT2D eigenvalue weighted by atomic mass is 9.91. The van der Waals surface area contributed by atoms with E-state index >= 15 is 0 Å². The zero-order valence-corrected chi connectivity index (χ0v) is 11.1. The number of likely N-dealkylation sites (N-methyl/N-ethyl adjacent to an activating group) is 1. The summed E-state index contributed by atoms with van der Waals surface area (Å²) in [5.74, 6) is 0.667. The average Bonchev–Trinajstić information content (AvgIpc) is 3.02. The highest BCUT2D eigenvalue weighted by molar-refractivity contribution is 5.94. The molecular formula is C14H18N4O. The van der Waals surface area contributed by atoms with Gasteiger partial charge >= 0.3 is 0 Å². The normalized spacial score (nSPS) is 27.1. The zero-order chi connectivity index (χ0) is 13.4. The summed E-state index contributed by atoms with van der Waals surface area (Å²) in [5, 5.41) is 8.82. The predicted octanol–water partition coefficient (Wildman–Crippen LogP) is 1.05. The Kier molecular flexibility index (Phi) is 3.03. The maximum absolute atomic E-state index is 12.6. The number of piperidine rings is 1. The Bertz CT molecular complexity index is 530. The van der Waals surface area contributed by atoms with Gasteiger partial charge in [0.25, 0.3) is 5.91 Å². The van der Waals surface area contributed by atoms with Gasteiger partial charge < -0.3 is 14.8 Å². The van der Waals surface area contributed by atoms with E-state index in [1.807, 2.05) is 11.0 Å². The molecule has 2 aliphatic rings. The van der Waals surface area contributed by atoms with Crippen LogP contribution in [0.3, 0.4) is 0 Å². The second kappa shape index (κ2) is 4.71. The van der Waals surface area contributed by atoms with E-state index < -0.39 is 0 Å². The third-order valence-corrected chi connectivity index (χ3v) is 4.27. The largest absolute Gasteiger partial charge is 0.352 e. The summed E-state index contributed by atoms with van der Waals surface area (Å²) < 4.78 is 0. The molecule has 5 heteroatoms. The Hall–Kier alpha value is -1.80. The fraction of sp³-hybridized carbons (Fsp3) is 0.571. The first-order valence-electron chi connectivity index (χ1n) is 6.77. The molecule has 2 saturated heterocycles. The third-order valence-electron chi connectivity index (χ3n) is 4.27. The van der Waals surface area contributed by atoms with E-state index in [9.17, 15) is 4.79 Å². The SMILES string of the molecule is CN1C[C@@H]2CCCN(C(=O)c3c[nH]c(C#N)c3)[C@@H]2C1. The standard InChI is InChI=1S/C14H18N4O/c1-17-8-10-3-2-4-18(13(10)9-17)14(19)11-5-12(6-15)16-7-11/h5,7,10,13,16H,2-4,8-9H2,1H3/t10-,13+/m0/s1. The Labute approximate surface area is 112 Å². The fourth-order valence-corrected chi connectivity index (χ4v) is 3.39. The molecule has 1 aromatic heterocycles. The Balaban J connectivity index is 1.81. The lowest BCUT2D eigenvalue weighted by Gasteiger charge is -2.36. The van der Waals surface area contributed by atoms with Crippen molar-refractivity contribution in [3.8, 4) is 6.07 Å². The van der Waals surface area contributed by atoms with Gasteiger partial charge in [0.05, 0.1) is 5.56 Å². The zero-order valence-electron chi connectivity index (χ0n) is 11.1. The van der Waals surface area contributed by atoms with E-state index in [0.29, 0.717) is 23.2 Å². The molecule has 2 atom stereocenters. The van der Waals surface area contributed by atoms with Crippen LogP contribution in [-0.2, 0) is 0 Å². The number of carbonyl (C=O) groups is 1. The molecule has 0 aliphatic carbocycles. The maximum Gasteiger partial charge on any atom is 0.255 e. The molecule has 3 rings (SSSR count). The van der Waals surface area contributed by atoms with E-state index in [1.165, 1.54) is 6.42 Å². The van der Waals surface area contributed by atoms with Crippen LogP contribution in [0.1, 0.15) is 28.9 Å². The van der Waals surface area contributed by atoms with Gasteiger partial charge in [0.15, 0.2) is 0 Å². The number of nitriles is 1. The highest BCUT2D eigenvalue weighted by atomic mass is 16.2. The van der Waals surface area contributed by atoms with Gasteiger partial charge in [-0.15, -0.1) is 0 Å². The molecule has 1 amide bonds. The van der Waals surface area contributed by atoms with Crippen LogP contribution in [0.4, 0.5) is 0 Å². The van der Waals surface area contributed by atoms with Gasteiger partial charge in [0, 0.05) is 31.9 Å². The molecule has 1 N–H and O–H groups in total. The van der Waals surface area contributed by atoms with E-state index in [-0.39, 0.29) is 5.91 Å². The first kappa shape index (κ1) is 12.2. The van der Waals surface area contributed by atoms with Gasteiger partial charge in [0.2, 0.25) is 0 Å². The van der Waals surface area contributed by atoms with Gasteiger partial charge in [-0.1, -0.05) is 0 Å². The number of rotatable bonds is 1. The average molecular weight is 258 g/mol. The van der Waals surface area contributed by atoms with Crippen molar-refractivity contribution in [3.05, 3.63) is 23.5 Å². The first-order valence-corrected chi connectivity index (χ1v) is 6.77. The van der Waals surface area contributed by atoms with E-state index in [0.717, 1.165) is 26.1 Å². The monoisotopic (exact) mass is 258 g/mol. The van der Waals surface area contributed by atoms with Crippen LogP contribution in [0.5, 0.6) is 0 Å². The van der Waals surface area contributed by atoms with Crippen LogP contribution in [0, 0.1) is 17.2 Å². The number of hydrogen-bond donors (Lipinski definition) is 1. The predicted molar refractivity (Wildman–Crippen MR) is 70.6 cm³/mol. The quantitative estimate of drug-likeness (QED) is 0.819. The summed E-state index contributed by atoms with van der Waals surface area (Å²) in [6.45, 7) is 2.89. The molecule has 0 unspecified atom stereocenters. The van der Waals surface area contributed by atoms with Gasteiger partial charge in [0.1, 0.15) is 11.8 Å². The number of aromatic nitrogens is 1. The van der Waals surface area contributed by atoms with Crippen molar-refractivity contribution in [2.45, 2.75) is 18.9 Å². The van der Waals surface area contributed by atoms with Crippen LogP contribution < -0.4 is 0 Å². The highest BCUT2D eigenvalue weighted by Gasteiger charge is 2.39. The van der Waals surface area contributed by atoms with Crippen LogP contribution in [0.15, 0.2) is 12.3 Å². The molecule has 5 nitrogen and oxygen atoms in total. The smallest absolute Gasteiger partial charge is 0.255 e. The molecule has 2 fully saturated rings. The molecule has 19 heavy (non-hydrogen) atoms. The van der Waals surface area contributed by atoms with Gasteiger partial charge in [-0.25, -0.2) is 0 Å². The Morgan fingerprint density at radius 3 is 3.11 bits per heavy atom. The van der Waals surface area contributed by atoms with Gasteiger partial charge in [-0.05, 0) is 31.9 Å². The van der Waals surface area contributed by atoms with E-state index in [1.54, 1.807) is 12.3 Å². The fourth-order valence-electron chi connectivity index (χ4n) is 3.39. The molecule has 3 heterocycles.